The van der Waals surface area contributed by atoms with Gasteiger partial charge in [-0.3, -0.25) is 0 Å². The second-order valence-corrected chi connectivity index (χ2v) is 7.68. The van der Waals surface area contributed by atoms with Gasteiger partial charge in [-0.1, -0.05) is 35.9 Å². The normalized spacial score (nSPS) is 18.1. The van der Waals surface area contributed by atoms with E-state index < -0.39 is 0 Å². The maximum atomic E-state index is 12.5. The molecule has 1 aliphatic rings. The zero-order valence-electron chi connectivity index (χ0n) is 13.7. The fourth-order valence-electron chi connectivity index (χ4n) is 2.91. The third-order valence-electron chi connectivity index (χ3n) is 4.26. The predicted molar refractivity (Wildman–Crippen MR) is 103 cm³/mol. The Labute approximate surface area is 152 Å². The summed E-state index contributed by atoms with van der Waals surface area (Å²) in [5, 5.41) is 4.08. The average molecular weight is 361 g/mol. The molecule has 0 saturated carbocycles. The molecule has 0 bridgehead atoms. The zero-order chi connectivity index (χ0) is 16.9. The lowest BCUT2D eigenvalue weighted by atomic mass is 10.0. The van der Waals surface area contributed by atoms with Gasteiger partial charge in [-0.2, -0.15) is 11.8 Å². The number of hydrogen-bond donors (Lipinski definition) is 1. The monoisotopic (exact) mass is 360 g/mol. The number of aryl methyl sites for hydroxylation is 1. The van der Waals surface area contributed by atoms with E-state index in [1.54, 1.807) is 12.1 Å². The molecule has 24 heavy (non-hydrogen) atoms. The summed E-state index contributed by atoms with van der Waals surface area (Å²) in [6.45, 7) is 3.70. The topological polar surface area (TPSA) is 32.3 Å². The van der Waals surface area contributed by atoms with Crippen molar-refractivity contribution in [1.82, 2.24) is 4.90 Å². The number of carbonyl (C=O) groups is 1. The van der Waals surface area contributed by atoms with Crippen LogP contribution in [0.25, 0.3) is 0 Å². The number of nitrogens with zero attached hydrogens (tertiary/aromatic N) is 1. The molecule has 1 aliphatic heterocycles. The summed E-state index contributed by atoms with van der Waals surface area (Å²) in [5.74, 6) is 0.951. The predicted octanol–water partition coefficient (Wildman–Crippen LogP) is 5.36. The lowest BCUT2D eigenvalue weighted by Gasteiger charge is -2.21. The first-order valence-electron chi connectivity index (χ1n) is 8.12. The fourth-order valence-corrected chi connectivity index (χ4v) is 4.36. The Morgan fingerprint density at radius 2 is 1.92 bits per heavy atom. The molecule has 0 radical (unpaired) electrons. The quantitative estimate of drug-likeness (QED) is 0.781. The minimum absolute atomic E-state index is 0.0386. The SMILES string of the molecule is Cc1ccccc1C1CCN(C(=O)Nc2ccc(Cl)cc2)CCS1. The average Bonchev–Trinajstić information content (AvgIpc) is 2.83. The van der Waals surface area contributed by atoms with Gasteiger partial charge in [0, 0.05) is 34.8 Å². The number of hydrogen-bond acceptors (Lipinski definition) is 2. The van der Waals surface area contributed by atoms with Crippen molar-refractivity contribution in [2.75, 3.05) is 24.2 Å². The molecule has 1 atom stereocenters. The van der Waals surface area contributed by atoms with E-state index in [1.807, 2.05) is 28.8 Å². The molecule has 1 N–H and O–H groups in total. The van der Waals surface area contributed by atoms with E-state index in [9.17, 15) is 4.79 Å². The van der Waals surface area contributed by atoms with Gasteiger partial charge in [0.2, 0.25) is 0 Å². The lowest BCUT2D eigenvalue weighted by Crippen LogP contribution is -2.36. The molecule has 5 heteroatoms. The summed E-state index contributed by atoms with van der Waals surface area (Å²) in [6.07, 6.45) is 0.976. The zero-order valence-corrected chi connectivity index (χ0v) is 15.2. The fraction of sp³-hybridized carbons (Fsp3) is 0.316. The van der Waals surface area contributed by atoms with Crippen LogP contribution in [0.2, 0.25) is 5.02 Å². The van der Waals surface area contributed by atoms with Gasteiger partial charge in [0.15, 0.2) is 0 Å². The van der Waals surface area contributed by atoms with Crippen molar-refractivity contribution in [1.29, 1.82) is 0 Å². The molecular weight excluding hydrogens is 340 g/mol. The van der Waals surface area contributed by atoms with E-state index in [4.69, 9.17) is 11.6 Å². The Balaban J connectivity index is 1.61. The molecule has 126 valence electrons. The van der Waals surface area contributed by atoms with Crippen LogP contribution in [0.4, 0.5) is 10.5 Å². The van der Waals surface area contributed by atoms with E-state index in [2.05, 4.69) is 36.5 Å². The molecular formula is C19H21ClN2OS. The largest absolute Gasteiger partial charge is 0.324 e. The first kappa shape index (κ1) is 17.2. The lowest BCUT2D eigenvalue weighted by molar-refractivity contribution is 0.215. The number of benzene rings is 2. The highest BCUT2D eigenvalue weighted by atomic mass is 35.5. The molecule has 2 aromatic carbocycles. The molecule has 1 saturated heterocycles. The molecule has 0 spiro atoms. The highest BCUT2D eigenvalue weighted by Crippen LogP contribution is 2.36. The molecule has 2 aromatic rings. The van der Waals surface area contributed by atoms with Crippen molar-refractivity contribution >= 4 is 35.1 Å². The maximum Gasteiger partial charge on any atom is 0.321 e. The summed E-state index contributed by atoms with van der Waals surface area (Å²) < 4.78 is 0. The first-order chi connectivity index (χ1) is 11.6. The molecule has 0 aromatic heterocycles. The van der Waals surface area contributed by atoms with E-state index in [0.29, 0.717) is 10.3 Å². The standard InChI is InChI=1S/C19H21ClN2OS/c1-14-4-2-3-5-17(14)18-10-11-22(12-13-24-18)19(23)21-16-8-6-15(20)7-9-16/h2-9,18H,10-13H2,1H3,(H,21,23). The molecule has 1 unspecified atom stereocenters. The molecule has 1 heterocycles. The number of urea groups is 1. The van der Waals surface area contributed by atoms with Crippen molar-refractivity contribution in [2.45, 2.75) is 18.6 Å². The van der Waals surface area contributed by atoms with Crippen LogP contribution in [0.1, 0.15) is 22.8 Å². The first-order valence-corrected chi connectivity index (χ1v) is 9.55. The number of anilines is 1. The summed E-state index contributed by atoms with van der Waals surface area (Å²) in [6, 6.07) is 15.7. The van der Waals surface area contributed by atoms with Crippen LogP contribution in [0.5, 0.6) is 0 Å². The van der Waals surface area contributed by atoms with Gasteiger partial charge in [0.1, 0.15) is 0 Å². The number of thioether (sulfide) groups is 1. The van der Waals surface area contributed by atoms with E-state index in [0.717, 1.165) is 31.0 Å². The van der Waals surface area contributed by atoms with Crippen LogP contribution < -0.4 is 5.32 Å². The second kappa shape index (κ2) is 7.95. The van der Waals surface area contributed by atoms with Crippen molar-refractivity contribution in [2.24, 2.45) is 0 Å². The van der Waals surface area contributed by atoms with E-state index >= 15 is 0 Å². The van der Waals surface area contributed by atoms with Gasteiger partial charge in [0.05, 0.1) is 0 Å². The Hall–Kier alpha value is -1.65. The van der Waals surface area contributed by atoms with Crippen LogP contribution >= 0.6 is 23.4 Å². The summed E-state index contributed by atoms with van der Waals surface area (Å²) in [5.41, 5.74) is 3.49. The molecule has 3 rings (SSSR count). The summed E-state index contributed by atoms with van der Waals surface area (Å²) in [4.78, 5) is 14.4. The number of carbonyl (C=O) groups excluding carboxylic acids is 1. The highest BCUT2D eigenvalue weighted by molar-refractivity contribution is 7.99. The van der Waals surface area contributed by atoms with Crippen LogP contribution in [-0.2, 0) is 0 Å². The van der Waals surface area contributed by atoms with Crippen LogP contribution in [-0.4, -0.2) is 29.8 Å². The number of rotatable bonds is 2. The van der Waals surface area contributed by atoms with Crippen molar-refractivity contribution in [3.63, 3.8) is 0 Å². The molecule has 0 aliphatic carbocycles. The third-order valence-corrected chi connectivity index (χ3v) is 5.82. The maximum absolute atomic E-state index is 12.5. The van der Waals surface area contributed by atoms with E-state index in [-0.39, 0.29) is 6.03 Å². The molecule has 3 nitrogen and oxygen atoms in total. The summed E-state index contributed by atoms with van der Waals surface area (Å²) in [7, 11) is 0. The highest BCUT2D eigenvalue weighted by Gasteiger charge is 2.22. The minimum Gasteiger partial charge on any atom is -0.324 e. The van der Waals surface area contributed by atoms with Gasteiger partial charge in [-0.15, -0.1) is 0 Å². The third kappa shape index (κ3) is 4.25. The smallest absolute Gasteiger partial charge is 0.321 e. The van der Waals surface area contributed by atoms with Gasteiger partial charge < -0.3 is 10.2 Å². The van der Waals surface area contributed by atoms with Crippen molar-refractivity contribution in [3.05, 3.63) is 64.7 Å². The Bertz CT molecular complexity index is 705. The molecule has 2 amide bonds. The Morgan fingerprint density at radius 1 is 1.17 bits per heavy atom. The Kier molecular flexibility index (Phi) is 5.69. The van der Waals surface area contributed by atoms with Gasteiger partial charge in [-0.05, 0) is 48.7 Å². The van der Waals surface area contributed by atoms with Crippen molar-refractivity contribution < 1.29 is 4.79 Å². The number of amides is 2. The summed E-state index contributed by atoms with van der Waals surface area (Å²) >= 11 is 7.82. The van der Waals surface area contributed by atoms with Gasteiger partial charge in [0.25, 0.3) is 0 Å². The van der Waals surface area contributed by atoms with Crippen LogP contribution in [0.15, 0.2) is 48.5 Å². The Morgan fingerprint density at radius 3 is 2.67 bits per heavy atom. The molecule has 1 fully saturated rings. The second-order valence-electron chi connectivity index (χ2n) is 5.93. The number of nitrogens with one attached hydrogen (secondary N) is 1. The van der Waals surface area contributed by atoms with Gasteiger partial charge >= 0.3 is 6.03 Å². The van der Waals surface area contributed by atoms with Crippen molar-refractivity contribution in [3.8, 4) is 0 Å². The van der Waals surface area contributed by atoms with Gasteiger partial charge in [-0.25, -0.2) is 4.79 Å². The minimum atomic E-state index is -0.0386. The number of halogens is 1. The van der Waals surface area contributed by atoms with Crippen LogP contribution in [0, 0.1) is 6.92 Å². The van der Waals surface area contributed by atoms with Crippen LogP contribution in [0.3, 0.4) is 0 Å². The van der Waals surface area contributed by atoms with E-state index in [1.165, 1.54) is 11.1 Å².